The maximum absolute atomic E-state index is 11.4. The molecule has 0 N–H and O–H groups in total. The van der Waals surface area contributed by atoms with Gasteiger partial charge in [-0.15, -0.1) is 0 Å². The van der Waals surface area contributed by atoms with Gasteiger partial charge in [0.05, 0.1) is 3.74 Å². The number of carbonyl (C=O) groups is 1. The van der Waals surface area contributed by atoms with Crippen LogP contribution in [0.4, 0.5) is 0 Å². The quantitative estimate of drug-likeness (QED) is 0.664. The second kappa shape index (κ2) is 3.22. The first-order valence-electron chi connectivity index (χ1n) is 4.89. The zero-order valence-corrected chi connectivity index (χ0v) is 13.3. The van der Waals surface area contributed by atoms with Gasteiger partial charge in [-0.1, -0.05) is 61.6 Å². The van der Waals surface area contributed by atoms with Gasteiger partial charge >= 0.3 is 0 Å². The molecule has 0 amide bonds. The van der Waals surface area contributed by atoms with Gasteiger partial charge in [0.15, 0.2) is 0 Å². The van der Waals surface area contributed by atoms with Crippen molar-refractivity contribution in [3.63, 3.8) is 0 Å². The molecular formula is C10H12Br3O2-. The van der Waals surface area contributed by atoms with Crippen molar-refractivity contribution in [3.05, 3.63) is 0 Å². The van der Waals surface area contributed by atoms with E-state index in [1.807, 2.05) is 13.8 Å². The minimum atomic E-state index is -0.914. The molecule has 3 rings (SSSR count). The molecule has 3 fully saturated rings. The average molecular weight is 404 g/mol. The molecule has 0 aromatic carbocycles. The molecule has 2 nitrogen and oxygen atoms in total. The van der Waals surface area contributed by atoms with Crippen LogP contribution < -0.4 is 5.11 Å². The van der Waals surface area contributed by atoms with Gasteiger partial charge < -0.3 is 9.90 Å². The standard InChI is InChI=1S/C10H13Br3O2/c1-8(2)9(6(12)13)3-4-10(8,5(9)11)7(14)15/h5-6H,3-4H2,1-2H3,(H,14,15)/p-1/t5-,9+,10-/m1/s1. The highest BCUT2D eigenvalue weighted by atomic mass is 79.9. The van der Waals surface area contributed by atoms with Crippen LogP contribution in [0.25, 0.3) is 0 Å². The topological polar surface area (TPSA) is 40.1 Å². The summed E-state index contributed by atoms with van der Waals surface area (Å²) in [7, 11) is 0. The Bertz CT molecular complexity index is 329. The summed E-state index contributed by atoms with van der Waals surface area (Å²) in [4.78, 5) is 11.4. The van der Waals surface area contributed by atoms with E-state index in [-0.39, 0.29) is 19.4 Å². The fourth-order valence-corrected chi connectivity index (χ4v) is 8.54. The van der Waals surface area contributed by atoms with Gasteiger partial charge in [0.2, 0.25) is 0 Å². The molecule has 2 bridgehead atoms. The SMILES string of the molecule is CC1(C)[C@]2(C(=O)[O-])CC[C@@]1(C(Br)Br)[C@H]2Br. The number of aliphatic carboxylic acids is 1. The average Bonchev–Trinajstić information content (AvgIpc) is 2.53. The van der Waals surface area contributed by atoms with E-state index in [0.29, 0.717) is 6.42 Å². The smallest absolute Gasteiger partial charge is 0.0770 e. The molecule has 0 aliphatic heterocycles. The first-order chi connectivity index (χ1) is 6.75. The second-order valence-corrected chi connectivity index (χ2v) is 9.06. The Kier molecular flexibility index (Phi) is 2.66. The third-order valence-corrected chi connectivity index (χ3v) is 8.08. The molecule has 0 unspecified atom stereocenters. The van der Waals surface area contributed by atoms with Crippen molar-refractivity contribution in [2.45, 2.75) is 35.3 Å². The van der Waals surface area contributed by atoms with E-state index < -0.39 is 11.4 Å². The third kappa shape index (κ3) is 0.998. The zero-order valence-electron chi connectivity index (χ0n) is 8.52. The van der Waals surface area contributed by atoms with Crippen molar-refractivity contribution in [1.29, 1.82) is 0 Å². The number of fused-ring (bicyclic) bond motifs is 1. The number of rotatable bonds is 2. The lowest BCUT2D eigenvalue weighted by atomic mass is 9.43. The van der Waals surface area contributed by atoms with Gasteiger partial charge in [0.25, 0.3) is 0 Å². The molecule has 3 aliphatic carbocycles. The maximum atomic E-state index is 11.4. The Morgan fingerprint density at radius 1 is 1.40 bits per heavy atom. The number of halogens is 3. The van der Waals surface area contributed by atoms with Crippen LogP contribution in [0.1, 0.15) is 26.7 Å². The Hall–Kier alpha value is 0.910. The molecule has 0 radical (unpaired) electrons. The summed E-state index contributed by atoms with van der Waals surface area (Å²) in [5.41, 5.74) is -0.982. The normalized spacial score (nSPS) is 46.7. The van der Waals surface area contributed by atoms with Crippen LogP contribution in [0, 0.1) is 16.2 Å². The first kappa shape index (κ1) is 12.4. The van der Waals surface area contributed by atoms with Crippen LogP contribution >= 0.6 is 47.8 Å². The lowest BCUT2D eigenvalue weighted by molar-refractivity contribution is -0.334. The van der Waals surface area contributed by atoms with Gasteiger partial charge in [-0.3, -0.25) is 0 Å². The monoisotopic (exact) mass is 401 g/mol. The Balaban J connectivity index is 2.50. The lowest BCUT2D eigenvalue weighted by Gasteiger charge is -2.67. The van der Waals surface area contributed by atoms with E-state index in [1.165, 1.54) is 0 Å². The Morgan fingerprint density at radius 2 is 1.93 bits per heavy atom. The molecule has 0 spiro atoms. The fraction of sp³-hybridized carbons (Fsp3) is 0.900. The minimum Gasteiger partial charge on any atom is -0.549 e. The summed E-state index contributed by atoms with van der Waals surface area (Å²) in [6, 6.07) is 0. The van der Waals surface area contributed by atoms with Crippen molar-refractivity contribution in [3.8, 4) is 0 Å². The van der Waals surface area contributed by atoms with Crippen molar-refractivity contribution < 1.29 is 9.90 Å². The highest BCUT2D eigenvalue weighted by molar-refractivity contribution is 9.24. The van der Waals surface area contributed by atoms with Crippen molar-refractivity contribution in [2.75, 3.05) is 0 Å². The molecule has 3 atom stereocenters. The number of carbonyl (C=O) groups excluding carboxylic acids is 1. The summed E-state index contributed by atoms with van der Waals surface area (Å²) in [5, 5.41) is 11.4. The number of hydrogen-bond donors (Lipinski definition) is 0. The zero-order chi connectivity index (χ0) is 11.6. The molecule has 0 aromatic rings. The first-order valence-corrected chi connectivity index (χ1v) is 7.63. The summed E-state index contributed by atoms with van der Waals surface area (Å²) in [6.07, 6.45) is 1.61. The van der Waals surface area contributed by atoms with E-state index in [0.717, 1.165) is 6.42 Å². The van der Waals surface area contributed by atoms with Crippen LogP contribution in [-0.4, -0.2) is 14.5 Å². The molecule has 15 heavy (non-hydrogen) atoms. The largest absolute Gasteiger partial charge is 0.549 e. The van der Waals surface area contributed by atoms with E-state index in [4.69, 9.17) is 0 Å². The van der Waals surface area contributed by atoms with Crippen molar-refractivity contribution in [2.24, 2.45) is 16.2 Å². The van der Waals surface area contributed by atoms with Gasteiger partial charge in [-0.05, 0) is 18.3 Å². The van der Waals surface area contributed by atoms with Crippen LogP contribution in [0.3, 0.4) is 0 Å². The van der Waals surface area contributed by atoms with E-state index in [9.17, 15) is 9.90 Å². The molecule has 0 saturated heterocycles. The van der Waals surface area contributed by atoms with Crippen LogP contribution in [0.5, 0.6) is 0 Å². The molecule has 0 aromatic heterocycles. The molecule has 86 valence electrons. The maximum Gasteiger partial charge on any atom is 0.0770 e. The number of carboxylic acid groups (broad SMARTS) is 1. The van der Waals surface area contributed by atoms with Crippen molar-refractivity contribution in [1.82, 2.24) is 0 Å². The summed E-state index contributed by atoms with van der Waals surface area (Å²) >= 11 is 10.7. The van der Waals surface area contributed by atoms with E-state index in [1.54, 1.807) is 0 Å². The van der Waals surface area contributed by atoms with Crippen LogP contribution in [-0.2, 0) is 4.79 Å². The number of hydrogen-bond acceptors (Lipinski definition) is 2. The summed E-state index contributed by atoms with van der Waals surface area (Å²) in [6.45, 7) is 4.06. The third-order valence-electron chi connectivity index (χ3n) is 4.85. The van der Waals surface area contributed by atoms with Crippen molar-refractivity contribution >= 4 is 53.8 Å². The predicted molar refractivity (Wildman–Crippen MR) is 67.2 cm³/mol. The van der Waals surface area contributed by atoms with Gasteiger partial charge in [-0.2, -0.15) is 0 Å². The molecular weight excluding hydrogens is 392 g/mol. The van der Waals surface area contributed by atoms with Crippen LogP contribution in [0.15, 0.2) is 0 Å². The van der Waals surface area contributed by atoms with Crippen LogP contribution in [0.2, 0.25) is 0 Å². The Labute approximate surface area is 115 Å². The Morgan fingerprint density at radius 3 is 2.13 bits per heavy atom. The van der Waals surface area contributed by atoms with Gasteiger partial charge in [-0.25, -0.2) is 0 Å². The molecule has 5 heteroatoms. The lowest BCUT2D eigenvalue weighted by Crippen LogP contribution is -2.72. The summed E-state index contributed by atoms with van der Waals surface area (Å²) in [5.74, 6) is -0.914. The molecule has 3 saturated carbocycles. The minimum absolute atomic E-state index is 0.0127. The van der Waals surface area contributed by atoms with E-state index >= 15 is 0 Å². The van der Waals surface area contributed by atoms with Gasteiger partial charge in [0.1, 0.15) is 0 Å². The molecule has 3 aliphatic rings. The van der Waals surface area contributed by atoms with E-state index in [2.05, 4.69) is 47.8 Å². The molecule has 0 heterocycles. The highest BCUT2D eigenvalue weighted by Crippen LogP contribution is 2.82. The predicted octanol–water partition coefficient (Wildman–Crippen LogP) is 2.42. The summed E-state index contributed by atoms with van der Waals surface area (Å²) < 4.78 is 0.131. The number of carboxylic acids is 1. The number of alkyl halides is 3. The highest BCUT2D eigenvalue weighted by Gasteiger charge is 2.81. The van der Waals surface area contributed by atoms with Gasteiger partial charge in [0, 0.05) is 21.6 Å². The fourth-order valence-electron chi connectivity index (χ4n) is 3.65. The second-order valence-electron chi connectivity index (χ2n) is 5.09.